The Kier molecular flexibility index (Phi) is 5.09. The Morgan fingerprint density at radius 3 is 2.68 bits per heavy atom. The first-order valence-electron chi connectivity index (χ1n) is 7.78. The number of aromatic nitrogens is 1. The summed E-state index contributed by atoms with van der Waals surface area (Å²) in [6.45, 7) is 0.779. The predicted octanol–water partition coefficient (Wildman–Crippen LogP) is 2.69. The van der Waals surface area contributed by atoms with Crippen LogP contribution in [-0.4, -0.2) is 25.7 Å². The number of sulfone groups is 1. The second-order valence-corrected chi connectivity index (χ2v) is 8.79. The quantitative estimate of drug-likeness (QED) is 0.646. The first-order chi connectivity index (χ1) is 12.0. The van der Waals surface area contributed by atoms with Crippen molar-refractivity contribution < 1.29 is 18.3 Å². The minimum atomic E-state index is -3.72. The van der Waals surface area contributed by atoms with Gasteiger partial charge in [0.1, 0.15) is 6.20 Å². The van der Waals surface area contributed by atoms with Crippen LogP contribution in [0.1, 0.15) is 25.7 Å². The number of anilines is 1. The number of nitro groups is 1. The number of aromatic amines is 1. The number of hydrogen-bond acceptors (Lipinski definition) is 7. The number of hydrogen-bond donors (Lipinski definition) is 1. The fourth-order valence-corrected chi connectivity index (χ4v) is 4.97. The maximum atomic E-state index is 12.6. The van der Waals surface area contributed by atoms with Crippen LogP contribution in [0.4, 0.5) is 10.8 Å². The van der Waals surface area contributed by atoms with Gasteiger partial charge >= 0.3 is 5.13 Å². The molecule has 0 saturated heterocycles. The Morgan fingerprint density at radius 1 is 1.20 bits per heavy atom. The third kappa shape index (κ3) is 4.02. The molecular weight excluding hydrogens is 364 g/mol. The van der Waals surface area contributed by atoms with Gasteiger partial charge in [0.2, 0.25) is 9.84 Å². The van der Waals surface area contributed by atoms with Crippen LogP contribution in [-0.2, 0) is 9.84 Å². The van der Waals surface area contributed by atoms with Gasteiger partial charge in [-0.3, -0.25) is 15.1 Å². The third-order valence-electron chi connectivity index (χ3n) is 3.78. The molecule has 8 nitrogen and oxygen atoms in total. The van der Waals surface area contributed by atoms with Gasteiger partial charge in [-0.05, 0) is 36.3 Å². The van der Waals surface area contributed by atoms with Gasteiger partial charge in [0.15, 0.2) is 10.0 Å². The smallest absolute Gasteiger partial charge is 0.258 e. The van der Waals surface area contributed by atoms with Crippen LogP contribution in [0.5, 0.6) is 0 Å². The summed E-state index contributed by atoms with van der Waals surface area (Å²) in [7, 11) is -3.72. The summed E-state index contributed by atoms with van der Waals surface area (Å²) in [6.07, 6.45) is 5.53. The number of H-pyrrole nitrogens is 1. The summed E-state index contributed by atoms with van der Waals surface area (Å²) in [5, 5.41) is 14.4. The van der Waals surface area contributed by atoms with Crippen molar-refractivity contribution in [1.82, 2.24) is 0 Å². The van der Waals surface area contributed by atoms with Gasteiger partial charge in [-0.1, -0.05) is 6.42 Å². The summed E-state index contributed by atoms with van der Waals surface area (Å²) >= 11 is 1.08. The molecule has 1 aromatic carbocycles. The molecule has 25 heavy (non-hydrogen) atoms. The van der Waals surface area contributed by atoms with Crippen molar-refractivity contribution in [2.75, 3.05) is 11.9 Å². The lowest BCUT2D eigenvalue weighted by atomic mass is 10.2. The van der Waals surface area contributed by atoms with E-state index in [1.165, 1.54) is 30.5 Å². The van der Waals surface area contributed by atoms with Gasteiger partial charge in [0.25, 0.3) is 5.69 Å². The molecule has 2 heterocycles. The molecule has 1 aliphatic rings. The molecule has 0 saturated carbocycles. The van der Waals surface area contributed by atoms with Crippen LogP contribution in [0, 0.1) is 10.1 Å². The number of aliphatic imine (C=N–C) groups is 1. The van der Waals surface area contributed by atoms with Gasteiger partial charge in [0, 0.05) is 25.1 Å². The monoisotopic (exact) mass is 381 g/mol. The largest absolute Gasteiger partial charge is 0.338 e. The third-order valence-corrected chi connectivity index (χ3v) is 6.97. The molecule has 3 rings (SSSR count). The second kappa shape index (κ2) is 7.28. The number of benzene rings is 1. The molecule has 0 aliphatic carbocycles. The molecule has 1 aromatic heterocycles. The number of nitrogens with one attached hydrogen (secondary N) is 2. The molecule has 2 N–H and O–H groups in total. The fourth-order valence-electron chi connectivity index (χ4n) is 2.45. The van der Waals surface area contributed by atoms with Crippen LogP contribution in [0.15, 0.2) is 44.6 Å². The van der Waals surface area contributed by atoms with Gasteiger partial charge in [-0.2, -0.15) is 0 Å². The van der Waals surface area contributed by atoms with E-state index in [1.54, 1.807) is 0 Å². The zero-order valence-corrected chi connectivity index (χ0v) is 14.9. The molecule has 0 bridgehead atoms. The summed E-state index contributed by atoms with van der Waals surface area (Å²) in [5.41, 5.74) is -0.148. The fraction of sp³-hybridized carbons (Fsp3) is 0.333. The summed E-state index contributed by atoms with van der Waals surface area (Å²) < 4.78 is 25.4. The van der Waals surface area contributed by atoms with Crippen molar-refractivity contribution in [3.05, 3.63) is 40.6 Å². The Bertz CT molecular complexity index is 904. The normalized spacial score (nSPS) is 15.3. The van der Waals surface area contributed by atoms with Crippen LogP contribution in [0.2, 0.25) is 0 Å². The number of rotatable bonds is 4. The van der Waals surface area contributed by atoms with E-state index in [0.29, 0.717) is 5.13 Å². The lowest BCUT2D eigenvalue weighted by molar-refractivity contribution is -0.384. The number of thiazole rings is 1. The van der Waals surface area contributed by atoms with E-state index in [-0.39, 0.29) is 14.8 Å². The molecule has 0 amide bonds. The standard InChI is InChI=1S/C15H16N4O4S2/c20-19(21)11-5-7-12(8-6-11)25(22,23)14-10-17-15(24-14)18-13-4-2-1-3-9-16-13/h5-8,10H,1-4,9H2,(H,16,17,18)/p+1. The molecule has 1 aliphatic heterocycles. The van der Waals surface area contributed by atoms with Crippen molar-refractivity contribution in [2.24, 2.45) is 4.99 Å². The highest BCUT2D eigenvalue weighted by Gasteiger charge is 2.24. The molecule has 2 aromatic rings. The van der Waals surface area contributed by atoms with E-state index in [2.05, 4.69) is 15.3 Å². The van der Waals surface area contributed by atoms with E-state index in [9.17, 15) is 18.5 Å². The lowest BCUT2D eigenvalue weighted by Crippen LogP contribution is -2.16. The Hall–Kier alpha value is -2.33. The van der Waals surface area contributed by atoms with Crippen LogP contribution >= 0.6 is 11.3 Å². The highest BCUT2D eigenvalue weighted by Crippen LogP contribution is 2.28. The van der Waals surface area contributed by atoms with Gasteiger partial charge in [0.05, 0.1) is 9.82 Å². The van der Waals surface area contributed by atoms with Crippen molar-refractivity contribution in [3.8, 4) is 0 Å². The van der Waals surface area contributed by atoms with E-state index >= 15 is 0 Å². The topological polar surface area (TPSA) is 116 Å². The highest BCUT2D eigenvalue weighted by atomic mass is 32.2. The number of nitro benzene ring substituents is 1. The molecular formula is C15H17N4O4S2+. The molecule has 0 fully saturated rings. The molecule has 0 atom stereocenters. The first kappa shape index (κ1) is 17.5. The molecule has 0 unspecified atom stereocenters. The lowest BCUT2D eigenvalue weighted by Gasteiger charge is -2.00. The van der Waals surface area contributed by atoms with E-state index in [1.807, 2.05) is 0 Å². The molecule has 10 heteroatoms. The average Bonchev–Trinajstić information content (AvgIpc) is 2.92. The zero-order valence-electron chi connectivity index (χ0n) is 13.3. The molecule has 132 valence electrons. The predicted molar refractivity (Wildman–Crippen MR) is 93.8 cm³/mol. The minimum Gasteiger partial charge on any atom is -0.258 e. The average molecular weight is 381 g/mol. The van der Waals surface area contributed by atoms with E-state index < -0.39 is 14.8 Å². The Balaban J connectivity index is 1.80. The maximum absolute atomic E-state index is 12.6. The van der Waals surface area contributed by atoms with Crippen LogP contribution in [0.3, 0.4) is 0 Å². The maximum Gasteiger partial charge on any atom is 0.338 e. The summed E-state index contributed by atoms with van der Waals surface area (Å²) in [4.78, 5) is 17.5. The second-order valence-electron chi connectivity index (χ2n) is 5.56. The van der Waals surface area contributed by atoms with E-state index in [4.69, 9.17) is 0 Å². The molecule has 0 radical (unpaired) electrons. The van der Waals surface area contributed by atoms with Crippen molar-refractivity contribution in [1.29, 1.82) is 0 Å². The number of non-ortho nitro benzene ring substituents is 1. The van der Waals surface area contributed by atoms with Gasteiger partial charge in [-0.25, -0.2) is 18.7 Å². The van der Waals surface area contributed by atoms with Crippen molar-refractivity contribution in [2.45, 2.75) is 34.8 Å². The molecule has 0 spiro atoms. The SMILES string of the molecule is O=[N+]([O-])c1ccc(S(=O)(=O)c2c[nH+]c(NC3=NCCCCC3)s2)cc1. The first-order valence-corrected chi connectivity index (χ1v) is 10.1. The highest BCUT2D eigenvalue weighted by molar-refractivity contribution is 7.93. The minimum absolute atomic E-state index is 0.0201. The number of nitrogens with zero attached hydrogens (tertiary/aromatic N) is 2. The zero-order chi connectivity index (χ0) is 17.9. The Labute approximate surface area is 148 Å². The summed E-state index contributed by atoms with van der Waals surface area (Å²) in [5.74, 6) is 0.856. The van der Waals surface area contributed by atoms with Gasteiger partial charge < -0.3 is 0 Å². The van der Waals surface area contributed by atoms with Crippen molar-refractivity contribution >= 4 is 37.8 Å². The van der Waals surface area contributed by atoms with Crippen LogP contribution < -0.4 is 10.3 Å². The van der Waals surface area contributed by atoms with E-state index in [0.717, 1.165) is 49.4 Å². The van der Waals surface area contributed by atoms with Crippen LogP contribution in [0.25, 0.3) is 0 Å². The van der Waals surface area contributed by atoms with Crippen molar-refractivity contribution in [3.63, 3.8) is 0 Å². The Morgan fingerprint density at radius 2 is 1.96 bits per heavy atom. The van der Waals surface area contributed by atoms with Gasteiger partial charge in [-0.15, -0.1) is 0 Å². The summed E-state index contributed by atoms with van der Waals surface area (Å²) in [6, 6.07) is 4.86. The number of amidine groups is 1.